The number of aromatic amines is 1. The highest BCUT2D eigenvalue weighted by atomic mass is 32.2. The summed E-state index contributed by atoms with van der Waals surface area (Å²) in [6.45, 7) is 0.751. The molecule has 0 aromatic carbocycles. The molecule has 0 bridgehead atoms. The van der Waals surface area contributed by atoms with Gasteiger partial charge in [0.05, 0.1) is 16.4 Å². The third-order valence-corrected chi connectivity index (χ3v) is 9.02. The third-order valence-electron chi connectivity index (χ3n) is 6.60. The lowest BCUT2D eigenvalue weighted by Gasteiger charge is -2.42. The molecule has 0 atom stereocenters. The molecule has 2 fully saturated rings. The van der Waals surface area contributed by atoms with Crippen molar-refractivity contribution in [2.45, 2.75) is 49.8 Å². The first-order valence-corrected chi connectivity index (χ1v) is 11.9. The van der Waals surface area contributed by atoms with E-state index in [0.717, 1.165) is 62.0 Å². The van der Waals surface area contributed by atoms with Crippen molar-refractivity contribution in [1.29, 1.82) is 0 Å². The lowest BCUT2D eigenvalue weighted by molar-refractivity contribution is 0.132. The van der Waals surface area contributed by atoms with Crippen molar-refractivity contribution in [2.24, 2.45) is 11.8 Å². The van der Waals surface area contributed by atoms with Crippen molar-refractivity contribution in [2.75, 3.05) is 31.4 Å². The molecule has 8 heteroatoms. The van der Waals surface area contributed by atoms with E-state index in [1.165, 1.54) is 0 Å². The first-order valence-electron chi connectivity index (χ1n) is 10.2. The van der Waals surface area contributed by atoms with Crippen molar-refractivity contribution >= 4 is 26.7 Å². The minimum atomic E-state index is -3.01. The summed E-state index contributed by atoms with van der Waals surface area (Å²) in [6.07, 6.45) is 8.77. The molecule has 28 heavy (non-hydrogen) atoms. The Morgan fingerprint density at radius 1 is 1.18 bits per heavy atom. The van der Waals surface area contributed by atoms with Crippen molar-refractivity contribution in [3.63, 3.8) is 0 Å². The Morgan fingerprint density at radius 3 is 2.64 bits per heavy atom. The van der Waals surface area contributed by atoms with Gasteiger partial charge in [0.1, 0.15) is 17.8 Å². The molecule has 2 aromatic heterocycles. The van der Waals surface area contributed by atoms with Crippen molar-refractivity contribution < 1.29 is 13.2 Å². The molecule has 154 valence electrons. The second-order valence-electron chi connectivity index (χ2n) is 8.47. The highest BCUT2D eigenvalue weighted by molar-refractivity contribution is 7.92. The fraction of sp³-hybridized carbons (Fsp3) is 0.700. The zero-order valence-corrected chi connectivity index (χ0v) is 17.5. The van der Waals surface area contributed by atoms with Crippen LogP contribution in [0.15, 0.2) is 18.6 Å². The van der Waals surface area contributed by atoms with Gasteiger partial charge in [0, 0.05) is 33.0 Å². The zero-order valence-electron chi connectivity index (χ0n) is 16.7. The number of H-pyrrole nitrogens is 1. The molecule has 0 radical (unpaired) electrons. The monoisotopic (exact) mass is 406 g/mol. The van der Waals surface area contributed by atoms with Crippen LogP contribution in [0.25, 0.3) is 11.0 Å². The van der Waals surface area contributed by atoms with Gasteiger partial charge in [-0.3, -0.25) is 0 Å². The summed E-state index contributed by atoms with van der Waals surface area (Å²) < 4.78 is 31.0. The van der Waals surface area contributed by atoms with Crippen LogP contribution in [0.5, 0.6) is 0 Å². The van der Waals surface area contributed by atoms with Gasteiger partial charge in [-0.05, 0) is 56.4 Å². The molecule has 0 amide bonds. The van der Waals surface area contributed by atoms with Crippen LogP contribution < -0.4 is 4.90 Å². The summed E-state index contributed by atoms with van der Waals surface area (Å²) in [5.74, 6) is 2.03. The van der Waals surface area contributed by atoms with E-state index in [4.69, 9.17) is 4.74 Å². The Kier molecular flexibility index (Phi) is 5.60. The Labute approximate surface area is 166 Å². The summed E-state index contributed by atoms with van der Waals surface area (Å²) in [7, 11) is 0.749. The number of methoxy groups -OCH3 is 1. The van der Waals surface area contributed by atoms with E-state index in [-0.39, 0.29) is 11.2 Å². The SMILES string of the molecule is COCC1CCC(S(=O)(=O)CC2CC(N(C)c3ncnc4[nH]ccc34)C2)CC1. The largest absolute Gasteiger partial charge is 0.384 e. The molecule has 2 aliphatic carbocycles. The van der Waals surface area contributed by atoms with Gasteiger partial charge in [-0.15, -0.1) is 0 Å². The second kappa shape index (κ2) is 7.99. The number of ether oxygens (including phenoxy) is 1. The molecule has 2 aromatic rings. The van der Waals surface area contributed by atoms with Gasteiger partial charge >= 0.3 is 0 Å². The number of hydrogen-bond donors (Lipinski definition) is 1. The summed E-state index contributed by atoms with van der Waals surface area (Å²) in [5, 5.41) is 0.854. The van der Waals surface area contributed by atoms with E-state index < -0.39 is 9.84 Å². The van der Waals surface area contributed by atoms with E-state index >= 15 is 0 Å². The molecule has 1 N–H and O–H groups in total. The topological polar surface area (TPSA) is 88.2 Å². The Balaban J connectivity index is 1.31. The fourth-order valence-corrected chi connectivity index (χ4v) is 7.02. The summed E-state index contributed by atoms with van der Waals surface area (Å²) in [4.78, 5) is 14.0. The van der Waals surface area contributed by atoms with E-state index in [0.29, 0.717) is 17.7 Å². The average Bonchev–Trinajstić information content (AvgIpc) is 3.13. The second-order valence-corrected chi connectivity index (χ2v) is 10.8. The molecule has 4 rings (SSSR count). The minimum absolute atomic E-state index is 0.154. The van der Waals surface area contributed by atoms with Crippen LogP contribution in [-0.4, -0.2) is 61.2 Å². The van der Waals surface area contributed by atoms with Crippen molar-refractivity contribution in [3.05, 3.63) is 18.6 Å². The van der Waals surface area contributed by atoms with Gasteiger partial charge in [-0.1, -0.05) is 0 Å². The highest BCUT2D eigenvalue weighted by Crippen LogP contribution is 2.38. The van der Waals surface area contributed by atoms with Crippen LogP contribution in [0.3, 0.4) is 0 Å². The highest BCUT2D eigenvalue weighted by Gasteiger charge is 2.39. The summed E-state index contributed by atoms with van der Waals surface area (Å²) in [5.41, 5.74) is 0.833. The minimum Gasteiger partial charge on any atom is -0.384 e. The maximum Gasteiger partial charge on any atom is 0.153 e. The maximum atomic E-state index is 12.9. The third kappa shape index (κ3) is 3.89. The lowest BCUT2D eigenvalue weighted by atomic mass is 9.81. The van der Waals surface area contributed by atoms with Crippen LogP contribution in [0.2, 0.25) is 0 Å². The molecule has 0 saturated heterocycles. The number of nitrogens with one attached hydrogen (secondary N) is 1. The van der Waals surface area contributed by atoms with Crippen LogP contribution in [0.4, 0.5) is 5.82 Å². The van der Waals surface area contributed by atoms with E-state index in [1.54, 1.807) is 13.4 Å². The zero-order chi connectivity index (χ0) is 19.7. The number of rotatable bonds is 7. The van der Waals surface area contributed by atoms with Crippen LogP contribution in [0.1, 0.15) is 38.5 Å². The van der Waals surface area contributed by atoms with Crippen LogP contribution >= 0.6 is 0 Å². The first-order chi connectivity index (χ1) is 13.5. The smallest absolute Gasteiger partial charge is 0.153 e. The maximum absolute atomic E-state index is 12.9. The normalized spacial score (nSPS) is 28.2. The molecule has 0 aliphatic heterocycles. The summed E-state index contributed by atoms with van der Waals surface area (Å²) >= 11 is 0. The van der Waals surface area contributed by atoms with Gasteiger partial charge in [-0.2, -0.15) is 0 Å². The molecular formula is C20H30N4O3S. The standard InChI is InChI=1S/C20H30N4O3S/c1-24(20-18-7-8-21-19(18)22-13-23-20)16-9-15(10-16)12-28(25,26)17-5-3-14(4-6-17)11-27-2/h7-8,13-17H,3-6,9-12H2,1-2H3,(H,21,22,23). The van der Waals surface area contributed by atoms with E-state index in [1.807, 2.05) is 19.3 Å². The number of hydrogen-bond acceptors (Lipinski definition) is 6. The molecule has 2 saturated carbocycles. The first kappa shape index (κ1) is 19.6. The number of sulfone groups is 1. The lowest BCUT2D eigenvalue weighted by Crippen LogP contribution is -2.46. The number of fused-ring (bicyclic) bond motifs is 1. The van der Waals surface area contributed by atoms with Crippen LogP contribution in [-0.2, 0) is 14.6 Å². The van der Waals surface area contributed by atoms with Crippen molar-refractivity contribution in [1.82, 2.24) is 15.0 Å². The molecule has 2 heterocycles. The van der Waals surface area contributed by atoms with Gasteiger partial charge in [0.15, 0.2) is 9.84 Å². The predicted octanol–water partition coefficient (Wildman–Crippen LogP) is 2.79. The number of aromatic nitrogens is 3. The van der Waals surface area contributed by atoms with E-state index in [2.05, 4.69) is 19.9 Å². The average molecular weight is 407 g/mol. The molecule has 0 spiro atoms. The number of anilines is 1. The Morgan fingerprint density at radius 2 is 1.93 bits per heavy atom. The van der Waals surface area contributed by atoms with Gasteiger partial charge in [0.2, 0.25) is 0 Å². The van der Waals surface area contributed by atoms with Crippen LogP contribution in [0, 0.1) is 11.8 Å². The van der Waals surface area contributed by atoms with E-state index in [9.17, 15) is 8.42 Å². The fourth-order valence-electron chi connectivity index (χ4n) is 4.82. The van der Waals surface area contributed by atoms with Gasteiger partial charge in [-0.25, -0.2) is 18.4 Å². The molecule has 7 nitrogen and oxygen atoms in total. The molecule has 0 unspecified atom stereocenters. The molecular weight excluding hydrogens is 376 g/mol. The Bertz CT molecular complexity index is 899. The summed E-state index contributed by atoms with van der Waals surface area (Å²) in [6, 6.07) is 2.33. The van der Waals surface area contributed by atoms with Gasteiger partial charge < -0.3 is 14.6 Å². The predicted molar refractivity (Wildman–Crippen MR) is 110 cm³/mol. The molecule has 2 aliphatic rings. The quantitative estimate of drug-likeness (QED) is 0.761. The number of nitrogens with zero attached hydrogens (tertiary/aromatic N) is 3. The van der Waals surface area contributed by atoms with Crippen molar-refractivity contribution in [3.8, 4) is 0 Å². The van der Waals surface area contributed by atoms with Gasteiger partial charge in [0.25, 0.3) is 0 Å². The Hall–Kier alpha value is -1.67.